The van der Waals surface area contributed by atoms with Gasteiger partial charge >= 0.3 is 12.1 Å². The number of halogens is 3. The Balaban J connectivity index is 1.07. The lowest BCUT2D eigenvalue weighted by molar-refractivity contribution is -0.159. The second-order valence-corrected chi connectivity index (χ2v) is 13.4. The predicted molar refractivity (Wildman–Crippen MR) is 154 cm³/mol. The van der Waals surface area contributed by atoms with Crippen molar-refractivity contribution in [3.63, 3.8) is 0 Å². The Hall–Kier alpha value is -3.44. The number of sulfonamides is 1. The molecule has 2 aliphatic heterocycles. The van der Waals surface area contributed by atoms with E-state index in [0.717, 1.165) is 43.9 Å². The van der Waals surface area contributed by atoms with E-state index < -0.39 is 22.1 Å². The molecule has 0 bridgehead atoms. The summed E-state index contributed by atoms with van der Waals surface area (Å²) in [6, 6.07) is 9.16. The molecule has 5 heterocycles. The maximum atomic E-state index is 13.4. The van der Waals surface area contributed by atoms with Crippen LogP contribution in [0.5, 0.6) is 0 Å². The maximum absolute atomic E-state index is 13.4. The highest BCUT2D eigenvalue weighted by molar-refractivity contribution is 7.89. The summed E-state index contributed by atoms with van der Waals surface area (Å²) < 4.78 is 70.7. The number of anilines is 1. The molecule has 0 unspecified atom stereocenters. The second kappa shape index (κ2) is 11.9. The molecule has 0 spiro atoms. The van der Waals surface area contributed by atoms with Crippen LogP contribution in [0.2, 0.25) is 0 Å². The summed E-state index contributed by atoms with van der Waals surface area (Å²) in [7, 11) is -1.57. The number of aromatic nitrogens is 4. The van der Waals surface area contributed by atoms with Gasteiger partial charge in [0.2, 0.25) is 21.8 Å². The van der Waals surface area contributed by atoms with E-state index in [9.17, 15) is 21.6 Å². The van der Waals surface area contributed by atoms with E-state index in [1.54, 1.807) is 23.5 Å². The molecule has 1 aromatic carbocycles. The molecule has 2 saturated heterocycles. The van der Waals surface area contributed by atoms with Gasteiger partial charge in [-0.3, -0.25) is 4.90 Å². The SMILES string of the molecule is CN1CCN(Cc2sccc2-c2ccc(S(=O)(=O)N3CCN(c4ncc(-c5noc(C(F)(F)F)n5)cn4)CC3)cc2)CC1. The Morgan fingerprint density at radius 1 is 0.907 bits per heavy atom. The number of piperazine rings is 2. The van der Waals surface area contributed by atoms with E-state index in [1.807, 2.05) is 17.0 Å². The fraction of sp³-hybridized carbons (Fsp3) is 0.407. The van der Waals surface area contributed by atoms with Crippen LogP contribution in [0.1, 0.15) is 10.8 Å². The zero-order valence-corrected chi connectivity index (χ0v) is 24.9. The van der Waals surface area contributed by atoms with Gasteiger partial charge in [0, 0.05) is 76.2 Å². The summed E-state index contributed by atoms with van der Waals surface area (Å²) in [6.07, 6.45) is -2.13. The monoisotopic (exact) mass is 634 g/mol. The average molecular weight is 635 g/mol. The van der Waals surface area contributed by atoms with Gasteiger partial charge in [-0.2, -0.15) is 22.5 Å². The van der Waals surface area contributed by atoms with E-state index in [1.165, 1.54) is 21.6 Å². The van der Waals surface area contributed by atoms with Gasteiger partial charge in [-0.05, 0) is 41.8 Å². The predicted octanol–water partition coefficient (Wildman–Crippen LogP) is 3.53. The van der Waals surface area contributed by atoms with Gasteiger partial charge in [-0.1, -0.05) is 17.3 Å². The highest BCUT2D eigenvalue weighted by atomic mass is 32.2. The van der Waals surface area contributed by atoms with E-state index in [-0.39, 0.29) is 29.4 Å². The molecule has 0 radical (unpaired) electrons. The molecule has 2 aliphatic rings. The third-order valence-electron chi connectivity index (χ3n) is 7.60. The number of benzene rings is 1. The smallest absolute Gasteiger partial charge is 0.338 e. The molecule has 4 aromatic rings. The first-order valence-corrected chi connectivity index (χ1v) is 16.0. The van der Waals surface area contributed by atoms with Gasteiger partial charge < -0.3 is 14.3 Å². The van der Waals surface area contributed by atoms with Crippen LogP contribution in [0, 0.1) is 0 Å². The Kier molecular flexibility index (Phi) is 8.21. The highest BCUT2D eigenvalue weighted by Crippen LogP contribution is 2.32. The molecular formula is C27H29F3N8O3S2. The molecule has 11 nitrogen and oxygen atoms in total. The summed E-state index contributed by atoms with van der Waals surface area (Å²) >= 11 is 1.72. The number of rotatable bonds is 7. The minimum Gasteiger partial charge on any atom is -0.338 e. The number of likely N-dealkylation sites (N-methyl/N-ethyl adjacent to an activating group) is 1. The lowest BCUT2D eigenvalue weighted by atomic mass is 10.1. The van der Waals surface area contributed by atoms with Crippen LogP contribution < -0.4 is 4.90 Å². The normalized spacial score (nSPS) is 17.9. The van der Waals surface area contributed by atoms with Gasteiger partial charge in [0.1, 0.15) is 0 Å². The summed E-state index contributed by atoms with van der Waals surface area (Å²) in [5, 5.41) is 5.42. The molecule has 43 heavy (non-hydrogen) atoms. The first-order chi connectivity index (χ1) is 20.6. The quantitative estimate of drug-likeness (QED) is 0.299. The molecule has 2 fully saturated rings. The third-order valence-corrected chi connectivity index (χ3v) is 10.4. The van der Waals surface area contributed by atoms with Crippen molar-refractivity contribution in [1.29, 1.82) is 0 Å². The number of hydrogen-bond acceptors (Lipinski definition) is 11. The summed E-state index contributed by atoms with van der Waals surface area (Å²) in [6.45, 7) is 6.21. The Morgan fingerprint density at radius 2 is 1.58 bits per heavy atom. The molecular weight excluding hydrogens is 605 g/mol. The van der Waals surface area contributed by atoms with Crippen molar-refractivity contribution >= 4 is 27.3 Å². The summed E-state index contributed by atoms with van der Waals surface area (Å²) in [5.74, 6) is -1.39. The van der Waals surface area contributed by atoms with Crippen LogP contribution in [-0.4, -0.2) is 102 Å². The zero-order chi connectivity index (χ0) is 30.2. The molecule has 228 valence electrons. The first kappa shape index (κ1) is 29.6. The molecule has 0 aliphatic carbocycles. The van der Waals surface area contributed by atoms with E-state index in [2.05, 4.69) is 52.9 Å². The third kappa shape index (κ3) is 6.43. The first-order valence-electron chi connectivity index (χ1n) is 13.6. The molecule has 0 amide bonds. The van der Waals surface area contributed by atoms with Crippen LogP contribution >= 0.6 is 11.3 Å². The lowest BCUT2D eigenvalue weighted by Crippen LogP contribution is -2.49. The fourth-order valence-electron chi connectivity index (χ4n) is 5.07. The highest BCUT2D eigenvalue weighted by Gasteiger charge is 2.38. The van der Waals surface area contributed by atoms with Gasteiger partial charge in [-0.15, -0.1) is 11.3 Å². The Morgan fingerprint density at radius 3 is 2.21 bits per heavy atom. The zero-order valence-electron chi connectivity index (χ0n) is 23.2. The summed E-state index contributed by atoms with van der Waals surface area (Å²) in [4.78, 5) is 19.9. The largest absolute Gasteiger partial charge is 0.471 e. The molecule has 0 saturated carbocycles. The summed E-state index contributed by atoms with van der Waals surface area (Å²) in [5.41, 5.74) is 2.29. The minimum atomic E-state index is -4.74. The van der Waals surface area contributed by atoms with Gasteiger partial charge in [-0.25, -0.2) is 18.4 Å². The molecule has 0 atom stereocenters. The van der Waals surface area contributed by atoms with Crippen LogP contribution in [-0.2, 0) is 22.7 Å². The van der Waals surface area contributed by atoms with Crippen LogP contribution in [0.15, 0.2) is 57.5 Å². The maximum Gasteiger partial charge on any atom is 0.471 e. The second-order valence-electron chi connectivity index (χ2n) is 10.4. The molecule has 6 rings (SSSR count). The minimum absolute atomic E-state index is 0.168. The van der Waals surface area contributed by atoms with Gasteiger partial charge in [0.15, 0.2) is 0 Å². The standard InChI is InChI=1S/C27H29F3N8O3S2/c1-35-7-9-36(10-8-35)18-23-22(6-15-42-23)19-2-4-21(5-3-19)43(39,40)38-13-11-37(12-14-38)26-31-16-20(17-32-26)24-33-25(41-34-24)27(28,29)30/h2-6,15-17H,7-14,18H2,1H3. The average Bonchev–Trinajstić information content (AvgIpc) is 3.69. The van der Waals surface area contributed by atoms with Crippen molar-refractivity contribution in [2.45, 2.75) is 17.6 Å². The number of hydrogen-bond donors (Lipinski definition) is 0. The Labute approximate surface area is 250 Å². The molecule has 16 heteroatoms. The van der Waals surface area contributed by atoms with Crippen LogP contribution in [0.3, 0.4) is 0 Å². The number of thiophene rings is 1. The van der Waals surface area contributed by atoms with E-state index in [4.69, 9.17) is 0 Å². The number of alkyl halides is 3. The van der Waals surface area contributed by atoms with Crippen molar-refractivity contribution in [3.8, 4) is 22.5 Å². The van der Waals surface area contributed by atoms with Crippen molar-refractivity contribution < 1.29 is 26.1 Å². The molecule has 0 N–H and O–H groups in total. The van der Waals surface area contributed by atoms with Crippen molar-refractivity contribution in [2.75, 3.05) is 64.3 Å². The van der Waals surface area contributed by atoms with Crippen molar-refractivity contribution in [3.05, 3.63) is 58.9 Å². The van der Waals surface area contributed by atoms with Crippen molar-refractivity contribution in [2.24, 2.45) is 0 Å². The Bertz CT molecular complexity index is 1640. The topological polar surface area (TPSA) is 112 Å². The van der Waals surface area contributed by atoms with Crippen LogP contribution in [0.4, 0.5) is 19.1 Å². The van der Waals surface area contributed by atoms with Gasteiger partial charge in [0.05, 0.1) is 10.5 Å². The van der Waals surface area contributed by atoms with E-state index in [0.29, 0.717) is 19.0 Å². The lowest BCUT2D eigenvalue weighted by Gasteiger charge is -2.34. The molecule has 3 aromatic heterocycles. The van der Waals surface area contributed by atoms with Gasteiger partial charge in [0.25, 0.3) is 0 Å². The van der Waals surface area contributed by atoms with E-state index >= 15 is 0 Å². The fourth-order valence-corrected chi connectivity index (χ4v) is 7.43. The number of nitrogens with zero attached hydrogens (tertiary/aromatic N) is 8. The van der Waals surface area contributed by atoms with Crippen molar-refractivity contribution in [1.82, 2.24) is 34.2 Å². The van der Waals surface area contributed by atoms with Crippen LogP contribution in [0.25, 0.3) is 22.5 Å².